The number of carbonyl (C=O) groups is 1. The van der Waals surface area contributed by atoms with Crippen molar-refractivity contribution in [3.63, 3.8) is 0 Å². The molecule has 0 radical (unpaired) electrons. The summed E-state index contributed by atoms with van der Waals surface area (Å²) in [6.45, 7) is 3.53. The van der Waals surface area contributed by atoms with Gasteiger partial charge in [-0.3, -0.25) is 4.79 Å². The van der Waals surface area contributed by atoms with Crippen LogP contribution >= 0.6 is 11.8 Å². The molecule has 1 amide bonds. The number of aromatic nitrogens is 1. The van der Waals surface area contributed by atoms with Crippen LogP contribution in [0.3, 0.4) is 0 Å². The quantitative estimate of drug-likeness (QED) is 0.710. The van der Waals surface area contributed by atoms with E-state index >= 15 is 0 Å². The van der Waals surface area contributed by atoms with Gasteiger partial charge in [0, 0.05) is 24.8 Å². The second kappa shape index (κ2) is 8.80. The Morgan fingerprint density at radius 2 is 2.28 bits per heavy atom. The lowest BCUT2D eigenvalue weighted by Crippen LogP contribution is -2.24. The molecule has 2 N–H and O–H groups in total. The maximum absolute atomic E-state index is 11.9. The number of nitrogens with one attached hydrogen (secondary N) is 2. The number of nitrogens with zero attached hydrogens (tertiary/aromatic N) is 1. The number of unbranched alkanes of at least 4 members (excludes halogenated alkanes) is 1. The summed E-state index contributed by atoms with van der Waals surface area (Å²) >= 11 is 1.84. The molecule has 0 unspecified atom stereocenters. The predicted octanol–water partition coefficient (Wildman–Crippen LogP) is 2.39. The highest BCUT2D eigenvalue weighted by Crippen LogP contribution is 2.06. The van der Waals surface area contributed by atoms with E-state index < -0.39 is 0 Å². The first kappa shape index (κ1) is 14.8. The Kier molecular flexibility index (Phi) is 7.25. The topological polar surface area (TPSA) is 54.0 Å². The van der Waals surface area contributed by atoms with Gasteiger partial charge in [-0.2, -0.15) is 11.8 Å². The molecule has 5 heteroatoms. The van der Waals surface area contributed by atoms with Crippen LogP contribution in [0.15, 0.2) is 18.3 Å². The molecule has 0 aliphatic heterocycles. The third kappa shape index (κ3) is 5.40. The van der Waals surface area contributed by atoms with Gasteiger partial charge < -0.3 is 10.6 Å². The average molecular weight is 267 g/mol. The number of hydrogen-bond donors (Lipinski definition) is 2. The smallest absolute Gasteiger partial charge is 0.251 e. The van der Waals surface area contributed by atoms with Crippen molar-refractivity contribution in [1.82, 2.24) is 10.3 Å². The molecule has 100 valence electrons. The van der Waals surface area contributed by atoms with Crippen molar-refractivity contribution in [1.29, 1.82) is 0 Å². The highest BCUT2D eigenvalue weighted by Gasteiger charge is 2.05. The van der Waals surface area contributed by atoms with Crippen molar-refractivity contribution < 1.29 is 4.79 Å². The van der Waals surface area contributed by atoms with E-state index in [2.05, 4.69) is 21.9 Å². The lowest BCUT2D eigenvalue weighted by Gasteiger charge is -2.07. The number of carbonyl (C=O) groups excluding carboxylic acids is 1. The zero-order valence-electron chi connectivity index (χ0n) is 11.0. The molecule has 1 heterocycles. The average Bonchev–Trinajstić information content (AvgIpc) is 2.39. The number of anilines is 1. The summed E-state index contributed by atoms with van der Waals surface area (Å²) in [5, 5.41) is 6.02. The number of pyridine rings is 1. The largest absolute Gasteiger partial charge is 0.370 e. The fourth-order valence-corrected chi connectivity index (χ4v) is 2.02. The molecular weight excluding hydrogens is 246 g/mol. The Morgan fingerprint density at radius 3 is 3.00 bits per heavy atom. The molecule has 0 fully saturated rings. The minimum absolute atomic E-state index is 0.0271. The monoisotopic (exact) mass is 267 g/mol. The zero-order chi connectivity index (χ0) is 13.2. The molecule has 18 heavy (non-hydrogen) atoms. The normalized spacial score (nSPS) is 10.1. The fraction of sp³-hybridized carbons (Fsp3) is 0.538. The van der Waals surface area contributed by atoms with Crippen molar-refractivity contribution in [2.45, 2.75) is 19.8 Å². The molecule has 1 aromatic heterocycles. The summed E-state index contributed by atoms with van der Waals surface area (Å²) in [5.41, 5.74) is 0.658. The van der Waals surface area contributed by atoms with Gasteiger partial charge in [-0.25, -0.2) is 4.98 Å². The first-order valence-electron chi connectivity index (χ1n) is 6.25. The maximum atomic E-state index is 11.9. The Bertz CT molecular complexity index is 371. The molecule has 0 aliphatic rings. The molecule has 0 aromatic carbocycles. The molecule has 0 aliphatic carbocycles. The zero-order valence-corrected chi connectivity index (χ0v) is 11.8. The van der Waals surface area contributed by atoms with Gasteiger partial charge in [0.1, 0.15) is 5.82 Å². The Morgan fingerprint density at radius 1 is 1.44 bits per heavy atom. The second-order valence-electron chi connectivity index (χ2n) is 3.92. The van der Waals surface area contributed by atoms with Crippen LogP contribution in [0.1, 0.15) is 30.1 Å². The Labute approximate surface area is 113 Å². The summed E-state index contributed by atoms with van der Waals surface area (Å²) in [7, 11) is 0. The van der Waals surface area contributed by atoms with Crippen molar-refractivity contribution >= 4 is 23.5 Å². The van der Waals surface area contributed by atoms with Gasteiger partial charge in [-0.1, -0.05) is 0 Å². The molecule has 1 rings (SSSR count). The van der Waals surface area contributed by atoms with Crippen molar-refractivity contribution in [2.24, 2.45) is 0 Å². The minimum Gasteiger partial charge on any atom is -0.370 e. The number of amides is 1. The van der Waals surface area contributed by atoms with Gasteiger partial charge in [-0.05, 0) is 43.9 Å². The molecule has 4 nitrogen and oxygen atoms in total. The number of thioether (sulfide) groups is 1. The SMILES string of the molecule is CCNc1cc(C(=O)NCCCCSC)ccn1. The minimum atomic E-state index is -0.0271. The van der Waals surface area contributed by atoms with Crippen LogP contribution in [0.4, 0.5) is 5.82 Å². The maximum Gasteiger partial charge on any atom is 0.251 e. The molecule has 0 spiro atoms. The van der Waals surface area contributed by atoms with Crippen LogP contribution in [0, 0.1) is 0 Å². The van der Waals surface area contributed by atoms with Gasteiger partial charge in [0.25, 0.3) is 5.91 Å². The van der Waals surface area contributed by atoms with E-state index in [4.69, 9.17) is 0 Å². The standard InChI is InChI=1S/C13H21N3OS/c1-3-14-12-10-11(6-8-15-12)13(17)16-7-4-5-9-18-2/h6,8,10H,3-5,7,9H2,1-2H3,(H,14,15)(H,16,17). The molecule has 0 saturated heterocycles. The summed E-state index contributed by atoms with van der Waals surface area (Å²) in [6, 6.07) is 3.51. The fourth-order valence-electron chi connectivity index (χ4n) is 1.52. The first-order chi connectivity index (χ1) is 8.77. The van der Waals surface area contributed by atoms with Gasteiger partial charge >= 0.3 is 0 Å². The predicted molar refractivity (Wildman–Crippen MR) is 78.3 cm³/mol. The number of rotatable bonds is 8. The molecule has 0 bridgehead atoms. The lowest BCUT2D eigenvalue weighted by atomic mass is 10.2. The number of hydrogen-bond acceptors (Lipinski definition) is 4. The van der Waals surface area contributed by atoms with Crippen LogP contribution in [-0.2, 0) is 0 Å². The Balaban J connectivity index is 2.38. The van der Waals surface area contributed by atoms with Crippen molar-refractivity contribution in [2.75, 3.05) is 30.4 Å². The van der Waals surface area contributed by atoms with Crippen LogP contribution < -0.4 is 10.6 Å². The third-order valence-corrected chi connectivity index (χ3v) is 3.14. The van der Waals surface area contributed by atoms with Gasteiger partial charge in [-0.15, -0.1) is 0 Å². The van der Waals surface area contributed by atoms with Gasteiger partial charge in [0.2, 0.25) is 0 Å². The third-order valence-electron chi connectivity index (χ3n) is 2.44. The van der Waals surface area contributed by atoms with Crippen LogP contribution in [0.5, 0.6) is 0 Å². The van der Waals surface area contributed by atoms with Crippen LogP contribution in [0.2, 0.25) is 0 Å². The lowest BCUT2D eigenvalue weighted by molar-refractivity contribution is 0.0953. The van der Waals surface area contributed by atoms with E-state index in [1.807, 2.05) is 18.7 Å². The highest BCUT2D eigenvalue weighted by molar-refractivity contribution is 7.98. The van der Waals surface area contributed by atoms with E-state index in [9.17, 15) is 4.79 Å². The summed E-state index contributed by atoms with van der Waals surface area (Å²) < 4.78 is 0. The van der Waals surface area contributed by atoms with E-state index in [1.165, 1.54) is 0 Å². The Hall–Kier alpha value is -1.23. The first-order valence-corrected chi connectivity index (χ1v) is 7.64. The van der Waals surface area contributed by atoms with Gasteiger partial charge in [0.05, 0.1) is 0 Å². The van der Waals surface area contributed by atoms with Crippen molar-refractivity contribution in [3.8, 4) is 0 Å². The molecule has 1 aromatic rings. The van der Waals surface area contributed by atoms with E-state index in [0.29, 0.717) is 5.56 Å². The molecule has 0 saturated carbocycles. The van der Waals surface area contributed by atoms with Crippen molar-refractivity contribution in [3.05, 3.63) is 23.9 Å². The van der Waals surface area contributed by atoms with Crippen LogP contribution in [-0.4, -0.2) is 36.0 Å². The van der Waals surface area contributed by atoms with E-state index in [1.54, 1.807) is 18.3 Å². The second-order valence-corrected chi connectivity index (χ2v) is 4.90. The van der Waals surface area contributed by atoms with Gasteiger partial charge in [0.15, 0.2) is 0 Å². The molecular formula is C13H21N3OS. The van der Waals surface area contributed by atoms with Crippen LogP contribution in [0.25, 0.3) is 0 Å². The molecule has 0 atom stereocenters. The van der Waals surface area contributed by atoms with E-state index in [0.717, 1.165) is 37.5 Å². The van der Waals surface area contributed by atoms with E-state index in [-0.39, 0.29) is 5.91 Å². The summed E-state index contributed by atoms with van der Waals surface area (Å²) in [4.78, 5) is 16.0. The highest BCUT2D eigenvalue weighted by atomic mass is 32.2. The summed E-state index contributed by atoms with van der Waals surface area (Å²) in [6.07, 6.45) is 5.91. The summed E-state index contributed by atoms with van der Waals surface area (Å²) in [5.74, 6) is 1.86.